The molecule has 0 aliphatic heterocycles. The Labute approximate surface area is 121 Å². The average Bonchev–Trinajstić information content (AvgIpc) is 2.81. The number of nitrogens with one attached hydrogen (secondary N) is 1. The fraction of sp³-hybridized carbons (Fsp3) is 0.154. The summed E-state index contributed by atoms with van der Waals surface area (Å²) in [5.74, 6) is 4.15. The fourth-order valence-corrected chi connectivity index (χ4v) is 2.75. The summed E-state index contributed by atoms with van der Waals surface area (Å²) in [6.45, 7) is -0.357. The molecule has 0 aliphatic rings. The van der Waals surface area contributed by atoms with Gasteiger partial charge in [-0.15, -0.1) is 0 Å². The molecule has 0 unspecified atom stereocenters. The Morgan fingerprint density at radius 3 is 2.76 bits per heavy atom. The van der Waals surface area contributed by atoms with Crippen LogP contribution in [0.4, 0.5) is 10.2 Å². The molecule has 1 heterocycles. The van der Waals surface area contributed by atoms with E-state index in [1.165, 1.54) is 23.0 Å². The Kier molecular flexibility index (Phi) is 4.26. The molecular weight excluding hydrogens is 297 g/mol. The topological polar surface area (TPSA) is 84.2 Å². The smallest absolute Gasteiger partial charge is 0.265 e. The maximum atomic E-state index is 13.9. The van der Waals surface area contributed by atoms with Crippen LogP contribution in [0.5, 0.6) is 0 Å². The Hall–Kier alpha value is -2.37. The molecule has 6 nitrogen and oxygen atoms in total. The average molecular weight is 309 g/mol. The van der Waals surface area contributed by atoms with E-state index in [0.29, 0.717) is 0 Å². The number of nitrogens with zero attached hydrogens (tertiary/aromatic N) is 2. The first-order valence-corrected chi connectivity index (χ1v) is 7.32. The van der Waals surface area contributed by atoms with Crippen molar-refractivity contribution >= 4 is 15.8 Å². The minimum absolute atomic E-state index is 0.221. The van der Waals surface area contributed by atoms with Crippen molar-refractivity contribution in [3.8, 4) is 11.8 Å². The fourth-order valence-electron chi connectivity index (χ4n) is 1.60. The molecule has 0 amide bonds. The van der Waals surface area contributed by atoms with Gasteiger partial charge in [0.1, 0.15) is 23.1 Å². The summed E-state index contributed by atoms with van der Waals surface area (Å²) < 4.78 is 41.7. The zero-order valence-electron chi connectivity index (χ0n) is 11.0. The highest BCUT2D eigenvalue weighted by molar-refractivity contribution is 7.92. The summed E-state index contributed by atoms with van der Waals surface area (Å²) in [6, 6.07) is 4.94. The van der Waals surface area contributed by atoms with Crippen molar-refractivity contribution < 1.29 is 17.9 Å². The van der Waals surface area contributed by atoms with Gasteiger partial charge in [-0.3, -0.25) is 9.40 Å². The SMILES string of the molecule is Cn1nccc1NS(=O)(=O)c1ccc(C#CCO)cc1F. The second-order valence-corrected chi connectivity index (χ2v) is 5.70. The van der Waals surface area contributed by atoms with Crippen molar-refractivity contribution in [3.63, 3.8) is 0 Å². The van der Waals surface area contributed by atoms with Gasteiger partial charge in [0.05, 0.1) is 6.20 Å². The number of aliphatic hydroxyl groups excluding tert-OH is 1. The summed E-state index contributed by atoms with van der Waals surface area (Å²) in [5.41, 5.74) is 0.279. The quantitative estimate of drug-likeness (QED) is 0.818. The lowest BCUT2D eigenvalue weighted by atomic mass is 10.2. The third-order valence-electron chi connectivity index (χ3n) is 2.59. The number of hydrogen-bond acceptors (Lipinski definition) is 4. The summed E-state index contributed by atoms with van der Waals surface area (Å²) in [7, 11) is -2.50. The van der Waals surface area contributed by atoms with Crippen molar-refractivity contribution in [2.75, 3.05) is 11.3 Å². The van der Waals surface area contributed by atoms with Crippen molar-refractivity contribution in [2.45, 2.75) is 4.90 Å². The molecule has 2 aromatic rings. The molecule has 0 bridgehead atoms. The Morgan fingerprint density at radius 2 is 2.19 bits per heavy atom. The van der Waals surface area contributed by atoms with Gasteiger partial charge in [0.25, 0.3) is 10.0 Å². The van der Waals surface area contributed by atoms with E-state index in [1.54, 1.807) is 7.05 Å². The van der Waals surface area contributed by atoms with Crippen molar-refractivity contribution in [1.82, 2.24) is 9.78 Å². The molecule has 0 radical (unpaired) electrons. The first-order valence-electron chi connectivity index (χ1n) is 5.84. The normalized spacial score (nSPS) is 10.8. The van der Waals surface area contributed by atoms with Gasteiger partial charge in [-0.2, -0.15) is 5.10 Å². The second-order valence-electron chi connectivity index (χ2n) is 4.05. The number of aliphatic hydroxyl groups is 1. The highest BCUT2D eigenvalue weighted by Gasteiger charge is 2.20. The third kappa shape index (κ3) is 3.39. The molecule has 110 valence electrons. The molecule has 1 aromatic carbocycles. The maximum Gasteiger partial charge on any atom is 0.265 e. The summed E-state index contributed by atoms with van der Waals surface area (Å²) in [4.78, 5) is -0.488. The van der Waals surface area contributed by atoms with E-state index < -0.39 is 20.7 Å². The van der Waals surface area contributed by atoms with Crippen molar-refractivity contribution in [2.24, 2.45) is 7.05 Å². The minimum atomic E-state index is -4.06. The van der Waals surface area contributed by atoms with Crippen LogP contribution in [0.25, 0.3) is 0 Å². The Bertz CT molecular complexity index is 819. The summed E-state index contributed by atoms with van der Waals surface area (Å²) in [5, 5.41) is 12.4. The van der Waals surface area contributed by atoms with Crippen LogP contribution >= 0.6 is 0 Å². The summed E-state index contributed by atoms with van der Waals surface area (Å²) >= 11 is 0. The number of sulfonamides is 1. The molecule has 1 aromatic heterocycles. The molecule has 0 spiro atoms. The Balaban J connectivity index is 2.34. The lowest BCUT2D eigenvalue weighted by Crippen LogP contribution is -2.16. The highest BCUT2D eigenvalue weighted by atomic mass is 32.2. The number of halogens is 1. The van der Waals surface area contributed by atoms with Crippen molar-refractivity contribution in [1.29, 1.82) is 0 Å². The number of hydrogen-bond donors (Lipinski definition) is 2. The van der Waals surface area contributed by atoms with Crippen LogP contribution in [0.2, 0.25) is 0 Å². The van der Waals surface area contributed by atoms with Gasteiger partial charge in [-0.1, -0.05) is 11.8 Å². The number of aryl methyl sites for hydroxylation is 1. The molecule has 0 atom stereocenters. The van der Waals surface area contributed by atoms with Crippen LogP contribution in [0.1, 0.15) is 5.56 Å². The van der Waals surface area contributed by atoms with Crippen LogP contribution < -0.4 is 4.72 Å². The van der Waals surface area contributed by atoms with Crippen LogP contribution in [0, 0.1) is 17.7 Å². The number of rotatable bonds is 3. The lowest BCUT2D eigenvalue weighted by molar-refractivity contribution is 0.350. The monoisotopic (exact) mass is 309 g/mol. The van der Waals surface area contributed by atoms with Gasteiger partial charge in [0.15, 0.2) is 0 Å². The first-order chi connectivity index (χ1) is 9.94. The molecule has 0 aliphatic carbocycles. The third-order valence-corrected chi connectivity index (χ3v) is 3.98. The highest BCUT2D eigenvalue weighted by Crippen LogP contribution is 2.19. The molecule has 2 rings (SSSR count). The first kappa shape index (κ1) is 15.0. The van der Waals surface area contributed by atoms with Gasteiger partial charge < -0.3 is 5.11 Å². The number of anilines is 1. The molecule has 0 saturated carbocycles. The zero-order valence-corrected chi connectivity index (χ0v) is 11.9. The van der Waals surface area contributed by atoms with Crippen LogP contribution in [-0.2, 0) is 17.1 Å². The largest absolute Gasteiger partial charge is 0.384 e. The predicted molar refractivity (Wildman–Crippen MR) is 74.4 cm³/mol. The Morgan fingerprint density at radius 1 is 1.43 bits per heavy atom. The molecule has 0 fully saturated rings. The van der Waals surface area contributed by atoms with E-state index in [9.17, 15) is 12.8 Å². The van der Waals surface area contributed by atoms with E-state index in [0.717, 1.165) is 12.1 Å². The second kappa shape index (κ2) is 5.95. The van der Waals surface area contributed by atoms with Crippen LogP contribution in [0.3, 0.4) is 0 Å². The van der Waals surface area contributed by atoms with E-state index >= 15 is 0 Å². The molecule has 8 heteroatoms. The van der Waals surface area contributed by atoms with Crippen LogP contribution in [-0.4, -0.2) is 29.9 Å². The predicted octanol–water partition coefficient (Wildman–Crippen LogP) is 0.704. The maximum absolute atomic E-state index is 13.9. The van der Waals surface area contributed by atoms with Gasteiger partial charge in [0, 0.05) is 18.7 Å². The molecular formula is C13H12FN3O3S. The standard InChI is InChI=1S/C13H12FN3O3S/c1-17-13(6-7-15-17)16-21(19,20)12-5-4-10(3-2-8-18)9-11(12)14/h4-7,9,16,18H,8H2,1H3. The number of benzene rings is 1. The number of aromatic nitrogens is 2. The van der Waals surface area contributed by atoms with Gasteiger partial charge in [-0.25, -0.2) is 12.8 Å². The van der Waals surface area contributed by atoms with E-state index in [1.807, 2.05) is 0 Å². The molecule has 21 heavy (non-hydrogen) atoms. The van der Waals surface area contributed by atoms with Gasteiger partial charge >= 0.3 is 0 Å². The summed E-state index contributed by atoms with van der Waals surface area (Å²) in [6.07, 6.45) is 1.42. The lowest BCUT2D eigenvalue weighted by Gasteiger charge is -2.09. The van der Waals surface area contributed by atoms with E-state index in [-0.39, 0.29) is 18.0 Å². The zero-order chi connectivity index (χ0) is 15.5. The van der Waals surface area contributed by atoms with Gasteiger partial charge in [0.2, 0.25) is 0 Å². The van der Waals surface area contributed by atoms with Gasteiger partial charge in [-0.05, 0) is 18.2 Å². The van der Waals surface area contributed by atoms with Crippen molar-refractivity contribution in [3.05, 3.63) is 41.8 Å². The molecule has 2 N–H and O–H groups in total. The molecule has 0 saturated heterocycles. The van der Waals surface area contributed by atoms with E-state index in [2.05, 4.69) is 21.7 Å². The van der Waals surface area contributed by atoms with Crippen LogP contribution in [0.15, 0.2) is 35.4 Å². The minimum Gasteiger partial charge on any atom is -0.384 e. The van der Waals surface area contributed by atoms with E-state index in [4.69, 9.17) is 5.11 Å².